The Morgan fingerprint density at radius 1 is 1.53 bits per heavy atom. The first-order valence-corrected chi connectivity index (χ1v) is 7.70. The summed E-state index contributed by atoms with van der Waals surface area (Å²) < 4.78 is 23.3. The lowest BCUT2D eigenvalue weighted by Gasteiger charge is -2.08. The summed E-state index contributed by atoms with van der Waals surface area (Å²) in [6.45, 7) is 0. The zero-order valence-electron chi connectivity index (χ0n) is 8.89. The highest BCUT2D eigenvalue weighted by Crippen LogP contribution is 2.20. The van der Waals surface area contributed by atoms with Gasteiger partial charge in [0.15, 0.2) is 9.84 Å². The van der Waals surface area contributed by atoms with Crippen molar-refractivity contribution >= 4 is 37.5 Å². The van der Waals surface area contributed by atoms with Crippen LogP contribution in [0.3, 0.4) is 0 Å². The number of sulfone groups is 1. The van der Waals surface area contributed by atoms with E-state index in [2.05, 4.69) is 26.2 Å². The summed E-state index contributed by atoms with van der Waals surface area (Å²) >= 11 is 3.27. The number of hydrogen-bond acceptors (Lipinski definition) is 4. The minimum absolute atomic E-state index is 0.0627. The number of carbonyl (C=O) groups excluding carboxylic acids is 1. The lowest BCUT2D eigenvalue weighted by molar-refractivity contribution is -0.119. The monoisotopic (exact) mass is 318 g/mol. The van der Waals surface area contributed by atoms with Gasteiger partial charge in [-0.1, -0.05) is 15.9 Å². The van der Waals surface area contributed by atoms with Crippen molar-refractivity contribution in [2.24, 2.45) is 5.92 Å². The van der Waals surface area contributed by atoms with Gasteiger partial charge in [0, 0.05) is 10.7 Å². The fourth-order valence-electron chi connectivity index (χ4n) is 1.70. The van der Waals surface area contributed by atoms with Crippen molar-refractivity contribution in [2.75, 3.05) is 16.8 Å². The van der Waals surface area contributed by atoms with Crippen LogP contribution < -0.4 is 5.32 Å². The average molecular weight is 319 g/mol. The van der Waals surface area contributed by atoms with E-state index in [4.69, 9.17) is 0 Å². The highest BCUT2D eigenvalue weighted by Gasteiger charge is 2.33. The van der Waals surface area contributed by atoms with Gasteiger partial charge in [0.1, 0.15) is 5.82 Å². The second kappa shape index (κ2) is 4.73. The van der Waals surface area contributed by atoms with E-state index in [-0.39, 0.29) is 17.4 Å². The Bertz CT molecular complexity index is 544. The zero-order valence-corrected chi connectivity index (χ0v) is 11.3. The first-order chi connectivity index (χ1) is 7.96. The molecule has 2 rings (SSSR count). The minimum atomic E-state index is -3.03. The summed E-state index contributed by atoms with van der Waals surface area (Å²) in [4.78, 5) is 15.8. The number of hydrogen-bond donors (Lipinski definition) is 1. The van der Waals surface area contributed by atoms with Crippen molar-refractivity contribution in [1.82, 2.24) is 4.98 Å². The summed E-state index contributed by atoms with van der Waals surface area (Å²) in [6, 6.07) is 3.41. The number of amides is 1. The van der Waals surface area contributed by atoms with Crippen LogP contribution in [0.4, 0.5) is 5.82 Å². The van der Waals surface area contributed by atoms with Crippen LogP contribution in [-0.2, 0) is 14.6 Å². The lowest BCUT2D eigenvalue weighted by atomic mass is 10.1. The van der Waals surface area contributed by atoms with Crippen molar-refractivity contribution in [1.29, 1.82) is 0 Å². The number of pyridine rings is 1. The molecule has 1 aromatic heterocycles. The second-order valence-corrected chi connectivity index (χ2v) is 7.09. The normalized spacial score (nSPS) is 22.3. The largest absolute Gasteiger partial charge is 0.310 e. The molecular weight excluding hydrogens is 308 g/mol. The van der Waals surface area contributed by atoms with Crippen LogP contribution in [0.15, 0.2) is 22.8 Å². The molecule has 17 heavy (non-hydrogen) atoms. The van der Waals surface area contributed by atoms with Gasteiger partial charge in [-0.25, -0.2) is 13.4 Å². The molecule has 0 saturated carbocycles. The number of nitrogens with one attached hydrogen (secondary N) is 1. The van der Waals surface area contributed by atoms with Crippen LogP contribution >= 0.6 is 15.9 Å². The Balaban J connectivity index is 2.03. The van der Waals surface area contributed by atoms with E-state index < -0.39 is 15.8 Å². The van der Waals surface area contributed by atoms with Gasteiger partial charge in [-0.3, -0.25) is 4.79 Å². The summed E-state index contributed by atoms with van der Waals surface area (Å²) in [5, 5.41) is 2.62. The van der Waals surface area contributed by atoms with E-state index in [9.17, 15) is 13.2 Å². The Hall–Kier alpha value is -0.950. The number of rotatable bonds is 2. The summed E-state index contributed by atoms with van der Waals surface area (Å²) in [5.41, 5.74) is 0. The Morgan fingerprint density at radius 3 is 2.88 bits per heavy atom. The molecule has 0 bridgehead atoms. The van der Waals surface area contributed by atoms with Gasteiger partial charge in [-0.2, -0.15) is 0 Å². The molecule has 1 amide bonds. The predicted molar refractivity (Wildman–Crippen MR) is 67.3 cm³/mol. The van der Waals surface area contributed by atoms with Crippen molar-refractivity contribution < 1.29 is 13.2 Å². The fraction of sp³-hybridized carbons (Fsp3) is 0.400. The maximum absolute atomic E-state index is 11.8. The van der Waals surface area contributed by atoms with Gasteiger partial charge in [0.2, 0.25) is 5.91 Å². The Kier molecular flexibility index (Phi) is 3.48. The maximum Gasteiger partial charge on any atom is 0.229 e. The molecule has 0 aliphatic carbocycles. The Labute approximate surface area is 108 Å². The van der Waals surface area contributed by atoms with Crippen LogP contribution in [-0.4, -0.2) is 30.8 Å². The predicted octanol–water partition coefficient (Wildman–Crippen LogP) is 1.22. The number of halogens is 1. The average Bonchev–Trinajstić information content (AvgIpc) is 2.59. The van der Waals surface area contributed by atoms with Gasteiger partial charge in [0.05, 0.1) is 17.4 Å². The third-order valence-electron chi connectivity index (χ3n) is 2.58. The van der Waals surface area contributed by atoms with Crippen LogP contribution in [0.25, 0.3) is 0 Å². The van der Waals surface area contributed by atoms with E-state index in [0.29, 0.717) is 12.2 Å². The molecule has 7 heteroatoms. The summed E-state index contributed by atoms with van der Waals surface area (Å²) in [7, 11) is -3.03. The maximum atomic E-state index is 11.8. The smallest absolute Gasteiger partial charge is 0.229 e. The van der Waals surface area contributed by atoms with Gasteiger partial charge in [0.25, 0.3) is 0 Å². The molecule has 1 atom stereocenters. The van der Waals surface area contributed by atoms with Gasteiger partial charge < -0.3 is 5.32 Å². The van der Waals surface area contributed by atoms with Gasteiger partial charge >= 0.3 is 0 Å². The highest BCUT2D eigenvalue weighted by atomic mass is 79.9. The number of aromatic nitrogens is 1. The second-order valence-electron chi connectivity index (χ2n) is 3.95. The standard InChI is InChI=1S/C10H11BrN2O3S/c11-8-1-3-12-9(5-8)13-10(14)7-2-4-17(15,16)6-7/h1,3,5,7H,2,4,6H2,(H,12,13,14). The first kappa shape index (κ1) is 12.5. The molecule has 1 aliphatic rings. The van der Waals surface area contributed by atoms with Crippen molar-refractivity contribution in [2.45, 2.75) is 6.42 Å². The van der Waals surface area contributed by atoms with Gasteiger partial charge in [-0.15, -0.1) is 0 Å². The van der Waals surface area contributed by atoms with Crippen LogP contribution in [0.5, 0.6) is 0 Å². The molecule has 1 aliphatic heterocycles. The highest BCUT2D eigenvalue weighted by molar-refractivity contribution is 9.10. The van der Waals surface area contributed by atoms with E-state index in [0.717, 1.165) is 4.47 Å². The SMILES string of the molecule is O=C(Nc1cc(Br)ccn1)C1CCS(=O)(=O)C1. The van der Waals surface area contributed by atoms with E-state index in [1.54, 1.807) is 18.3 Å². The minimum Gasteiger partial charge on any atom is -0.310 e. The lowest BCUT2D eigenvalue weighted by Crippen LogP contribution is -2.24. The number of anilines is 1. The molecule has 1 saturated heterocycles. The summed E-state index contributed by atoms with van der Waals surface area (Å²) in [5.74, 6) is -0.282. The molecule has 0 spiro atoms. The van der Waals surface area contributed by atoms with Crippen molar-refractivity contribution in [3.8, 4) is 0 Å². The number of carbonyl (C=O) groups is 1. The fourth-order valence-corrected chi connectivity index (χ4v) is 3.78. The third kappa shape index (κ3) is 3.26. The zero-order chi connectivity index (χ0) is 12.5. The molecule has 0 aromatic carbocycles. The molecule has 5 nitrogen and oxygen atoms in total. The molecule has 1 fully saturated rings. The molecule has 0 radical (unpaired) electrons. The van der Waals surface area contributed by atoms with E-state index in [1.165, 1.54) is 0 Å². The van der Waals surface area contributed by atoms with Crippen LogP contribution in [0.2, 0.25) is 0 Å². The van der Waals surface area contributed by atoms with E-state index in [1.807, 2.05) is 0 Å². The van der Waals surface area contributed by atoms with Gasteiger partial charge in [-0.05, 0) is 18.6 Å². The molecule has 92 valence electrons. The Morgan fingerprint density at radius 2 is 2.29 bits per heavy atom. The first-order valence-electron chi connectivity index (χ1n) is 5.09. The molecular formula is C10H11BrN2O3S. The topological polar surface area (TPSA) is 76.1 Å². The van der Waals surface area contributed by atoms with E-state index >= 15 is 0 Å². The van der Waals surface area contributed by atoms with Crippen molar-refractivity contribution in [3.63, 3.8) is 0 Å². The quantitative estimate of drug-likeness (QED) is 0.889. The van der Waals surface area contributed by atoms with Crippen LogP contribution in [0.1, 0.15) is 6.42 Å². The van der Waals surface area contributed by atoms with Crippen LogP contribution in [0, 0.1) is 5.92 Å². The molecule has 1 N–H and O–H groups in total. The molecule has 2 heterocycles. The summed E-state index contributed by atoms with van der Waals surface area (Å²) in [6.07, 6.45) is 1.95. The number of nitrogens with zero attached hydrogens (tertiary/aromatic N) is 1. The molecule has 1 unspecified atom stereocenters. The molecule has 1 aromatic rings. The third-order valence-corrected chi connectivity index (χ3v) is 4.84. The van der Waals surface area contributed by atoms with Crippen molar-refractivity contribution in [3.05, 3.63) is 22.8 Å².